The van der Waals surface area contributed by atoms with Gasteiger partial charge in [-0.05, 0) is 67.9 Å². The van der Waals surface area contributed by atoms with Crippen LogP contribution in [0.5, 0.6) is 17.2 Å². The number of pyridine rings is 1. The zero-order chi connectivity index (χ0) is 25.6. The SMILES string of the molecule is C.COc1cc(C(=O)NCC(C)(F)c2ccc(OC)c(-c3ccc(F)c(C)c3)n2)ccc1OCCF. The maximum Gasteiger partial charge on any atom is 0.251 e. The number of carbonyl (C=O) groups excluding carboxylic acids is 1. The van der Waals surface area contributed by atoms with E-state index < -0.39 is 18.3 Å². The number of nitrogens with one attached hydrogen (secondary N) is 1. The lowest BCUT2D eigenvalue weighted by molar-refractivity contribution is 0.0907. The van der Waals surface area contributed by atoms with Gasteiger partial charge in [0.15, 0.2) is 17.2 Å². The number of amides is 1. The minimum absolute atomic E-state index is 0. The lowest BCUT2D eigenvalue weighted by Gasteiger charge is -2.22. The molecule has 0 fully saturated rings. The minimum atomic E-state index is -2.03. The highest BCUT2D eigenvalue weighted by atomic mass is 19.1. The Morgan fingerprint density at radius 1 is 1.03 bits per heavy atom. The van der Waals surface area contributed by atoms with Crippen LogP contribution in [0, 0.1) is 12.7 Å². The molecular weight excluding hydrogens is 473 g/mol. The molecule has 1 aromatic heterocycles. The van der Waals surface area contributed by atoms with Crippen molar-refractivity contribution >= 4 is 5.91 Å². The highest BCUT2D eigenvalue weighted by molar-refractivity contribution is 5.95. The molecule has 3 aromatic rings. The predicted octanol–water partition coefficient (Wildman–Crippen LogP) is 5.81. The third kappa shape index (κ3) is 6.47. The van der Waals surface area contributed by atoms with Crippen molar-refractivity contribution in [1.29, 1.82) is 0 Å². The van der Waals surface area contributed by atoms with E-state index in [0.717, 1.165) is 0 Å². The third-order valence-corrected chi connectivity index (χ3v) is 5.39. The monoisotopic (exact) mass is 504 g/mol. The normalized spacial score (nSPS) is 12.2. The first kappa shape index (κ1) is 28.5. The van der Waals surface area contributed by atoms with Crippen molar-refractivity contribution in [2.24, 2.45) is 0 Å². The number of methoxy groups -OCH3 is 2. The smallest absolute Gasteiger partial charge is 0.251 e. The Morgan fingerprint density at radius 3 is 2.36 bits per heavy atom. The minimum Gasteiger partial charge on any atom is -0.494 e. The van der Waals surface area contributed by atoms with Gasteiger partial charge in [0, 0.05) is 11.1 Å². The van der Waals surface area contributed by atoms with Gasteiger partial charge in [-0.1, -0.05) is 7.43 Å². The Balaban J connectivity index is 0.00000456. The van der Waals surface area contributed by atoms with Crippen LogP contribution in [0.4, 0.5) is 13.2 Å². The summed E-state index contributed by atoms with van der Waals surface area (Å²) in [6.07, 6.45) is 0. The van der Waals surface area contributed by atoms with E-state index >= 15 is 4.39 Å². The summed E-state index contributed by atoms with van der Waals surface area (Å²) in [5, 5.41) is 2.56. The molecule has 9 heteroatoms. The molecule has 1 unspecified atom stereocenters. The van der Waals surface area contributed by atoms with Crippen LogP contribution >= 0.6 is 0 Å². The van der Waals surface area contributed by atoms with E-state index in [1.165, 1.54) is 51.5 Å². The van der Waals surface area contributed by atoms with Crippen molar-refractivity contribution in [2.45, 2.75) is 26.9 Å². The molecular formula is C27H31F3N2O4. The summed E-state index contributed by atoms with van der Waals surface area (Å²) in [4.78, 5) is 17.1. The van der Waals surface area contributed by atoms with E-state index in [4.69, 9.17) is 14.2 Å². The average Bonchev–Trinajstić information content (AvgIpc) is 2.87. The van der Waals surface area contributed by atoms with E-state index in [1.54, 1.807) is 25.1 Å². The van der Waals surface area contributed by atoms with Crippen molar-refractivity contribution < 1.29 is 32.2 Å². The number of carbonyl (C=O) groups is 1. The summed E-state index contributed by atoms with van der Waals surface area (Å²) < 4.78 is 57.6. The maximum absolute atomic E-state index is 15.7. The van der Waals surface area contributed by atoms with Gasteiger partial charge in [0.1, 0.15) is 30.5 Å². The Hall–Kier alpha value is -3.75. The van der Waals surface area contributed by atoms with Crippen LogP contribution in [0.25, 0.3) is 11.3 Å². The average molecular weight is 505 g/mol. The largest absolute Gasteiger partial charge is 0.494 e. The quantitative estimate of drug-likeness (QED) is 0.377. The Bertz CT molecular complexity index is 1200. The molecule has 1 N–H and O–H groups in total. The summed E-state index contributed by atoms with van der Waals surface area (Å²) in [5.74, 6) is 0.0580. The molecule has 0 saturated carbocycles. The second-order valence-electron chi connectivity index (χ2n) is 7.99. The van der Waals surface area contributed by atoms with Crippen LogP contribution in [-0.4, -0.2) is 44.9 Å². The molecule has 0 aliphatic rings. The van der Waals surface area contributed by atoms with Gasteiger partial charge in [0.05, 0.1) is 26.5 Å². The number of hydrogen-bond donors (Lipinski definition) is 1. The fourth-order valence-corrected chi connectivity index (χ4v) is 3.42. The van der Waals surface area contributed by atoms with Crippen LogP contribution in [0.15, 0.2) is 48.5 Å². The van der Waals surface area contributed by atoms with E-state index in [-0.39, 0.29) is 43.4 Å². The number of benzene rings is 2. The number of aromatic nitrogens is 1. The maximum atomic E-state index is 15.7. The summed E-state index contributed by atoms with van der Waals surface area (Å²) in [6, 6.07) is 11.9. The third-order valence-electron chi connectivity index (χ3n) is 5.39. The molecule has 0 saturated heterocycles. The molecule has 0 spiro atoms. The molecule has 1 amide bonds. The van der Waals surface area contributed by atoms with Crippen LogP contribution in [0.2, 0.25) is 0 Å². The van der Waals surface area contributed by atoms with Crippen molar-refractivity contribution in [2.75, 3.05) is 34.0 Å². The first-order chi connectivity index (χ1) is 16.7. The molecule has 1 atom stereocenters. The van der Waals surface area contributed by atoms with Crippen LogP contribution in [0.3, 0.4) is 0 Å². The lowest BCUT2D eigenvalue weighted by atomic mass is 10.0. The van der Waals surface area contributed by atoms with E-state index in [2.05, 4.69) is 10.3 Å². The van der Waals surface area contributed by atoms with Crippen molar-refractivity contribution in [3.8, 4) is 28.5 Å². The number of alkyl halides is 2. The molecule has 0 radical (unpaired) electrons. The van der Waals surface area contributed by atoms with Gasteiger partial charge in [0.2, 0.25) is 0 Å². The number of hydrogen-bond acceptors (Lipinski definition) is 5. The van der Waals surface area contributed by atoms with Gasteiger partial charge in [-0.3, -0.25) is 4.79 Å². The zero-order valence-corrected chi connectivity index (χ0v) is 20.0. The van der Waals surface area contributed by atoms with Crippen molar-refractivity contribution in [3.63, 3.8) is 0 Å². The van der Waals surface area contributed by atoms with Gasteiger partial charge in [-0.2, -0.15) is 0 Å². The van der Waals surface area contributed by atoms with Crippen LogP contribution in [0.1, 0.15) is 36.0 Å². The summed E-state index contributed by atoms with van der Waals surface area (Å²) in [5.41, 5.74) is -0.386. The van der Waals surface area contributed by atoms with E-state index in [9.17, 15) is 13.6 Å². The molecule has 0 aliphatic carbocycles. The molecule has 0 aliphatic heterocycles. The molecule has 1 heterocycles. The first-order valence-electron chi connectivity index (χ1n) is 10.9. The highest BCUT2D eigenvalue weighted by Crippen LogP contribution is 2.33. The second kappa shape index (κ2) is 12.3. The fourth-order valence-electron chi connectivity index (χ4n) is 3.42. The predicted molar refractivity (Wildman–Crippen MR) is 133 cm³/mol. The summed E-state index contributed by atoms with van der Waals surface area (Å²) in [7, 11) is 2.86. The Kier molecular flexibility index (Phi) is 9.72. The van der Waals surface area contributed by atoms with Gasteiger partial charge in [-0.15, -0.1) is 0 Å². The Labute approximate surface area is 209 Å². The number of halogens is 3. The second-order valence-corrected chi connectivity index (χ2v) is 7.99. The molecule has 3 rings (SSSR count). The highest BCUT2D eigenvalue weighted by Gasteiger charge is 2.30. The number of nitrogens with zero attached hydrogens (tertiary/aromatic N) is 1. The molecule has 2 aromatic carbocycles. The molecule has 36 heavy (non-hydrogen) atoms. The van der Waals surface area contributed by atoms with Gasteiger partial charge in [0.25, 0.3) is 5.91 Å². The molecule has 6 nitrogen and oxygen atoms in total. The van der Waals surface area contributed by atoms with Crippen molar-refractivity contribution in [3.05, 3.63) is 71.2 Å². The zero-order valence-electron chi connectivity index (χ0n) is 20.0. The van der Waals surface area contributed by atoms with Gasteiger partial charge in [-0.25, -0.2) is 18.2 Å². The molecule has 0 bridgehead atoms. The van der Waals surface area contributed by atoms with E-state index in [0.29, 0.717) is 28.3 Å². The topological polar surface area (TPSA) is 69.7 Å². The van der Waals surface area contributed by atoms with Crippen molar-refractivity contribution in [1.82, 2.24) is 10.3 Å². The molecule has 194 valence electrons. The van der Waals surface area contributed by atoms with Gasteiger partial charge < -0.3 is 19.5 Å². The number of aryl methyl sites for hydroxylation is 1. The Morgan fingerprint density at radius 2 is 1.72 bits per heavy atom. The number of ether oxygens (including phenoxy) is 3. The summed E-state index contributed by atoms with van der Waals surface area (Å²) in [6.45, 7) is 1.75. The van der Waals surface area contributed by atoms with E-state index in [1.807, 2.05) is 0 Å². The standard InChI is InChI=1S/C26H27F3N2O4.CH4/c1-16-13-17(5-7-19(16)28)24-21(33-3)9-10-23(31-24)26(2,29)15-30-25(32)18-6-8-20(35-12-11-27)22(14-18)34-4;/h5-10,13-14H,11-12,15H2,1-4H3,(H,30,32);1H4. The lowest BCUT2D eigenvalue weighted by Crippen LogP contribution is -2.36. The van der Waals surface area contributed by atoms with Crippen LogP contribution in [-0.2, 0) is 5.67 Å². The summed E-state index contributed by atoms with van der Waals surface area (Å²) >= 11 is 0. The van der Waals surface area contributed by atoms with Crippen LogP contribution < -0.4 is 19.5 Å². The fraction of sp³-hybridized carbons (Fsp3) is 0.333. The number of rotatable bonds is 10. The van der Waals surface area contributed by atoms with Gasteiger partial charge >= 0.3 is 0 Å². The first-order valence-corrected chi connectivity index (χ1v) is 10.9.